The molecule has 1 aromatic heterocycles. The van der Waals surface area contributed by atoms with Crippen LogP contribution in [-0.2, 0) is 24.2 Å². The molecule has 2 aromatic carbocycles. The highest BCUT2D eigenvalue weighted by Crippen LogP contribution is 2.25. The van der Waals surface area contributed by atoms with Gasteiger partial charge in [0.1, 0.15) is 11.6 Å². The van der Waals surface area contributed by atoms with Gasteiger partial charge in [-0.1, -0.05) is 36.4 Å². The minimum atomic E-state index is -0.275. The Hall–Kier alpha value is -2.46. The standard InChI is InChI=1S/C21H19NO2S/c23-21(18-11-10-15-6-4-5-9-17(15)12-18)24-13-19-14-25-20(22-19)16-7-2-1-3-8-16/h1-3,7-8,10-12,14H,4-6,9,13H2. The zero-order chi connectivity index (χ0) is 17.1. The Bertz CT molecular complexity index is 886. The average molecular weight is 349 g/mol. The molecule has 25 heavy (non-hydrogen) atoms. The van der Waals surface area contributed by atoms with E-state index < -0.39 is 0 Å². The number of hydrogen-bond donors (Lipinski definition) is 0. The largest absolute Gasteiger partial charge is 0.456 e. The van der Waals surface area contributed by atoms with Gasteiger partial charge in [0.25, 0.3) is 0 Å². The predicted molar refractivity (Wildman–Crippen MR) is 99.8 cm³/mol. The van der Waals surface area contributed by atoms with E-state index in [-0.39, 0.29) is 12.6 Å². The number of aryl methyl sites for hydroxylation is 2. The van der Waals surface area contributed by atoms with Crippen molar-refractivity contribution >= 4 is 17.3 Å². The monoisotopic (exact) mass is 349 g/mol. The summed E-state index contributed by atoms with van der Waals surface area (Å²) < 4.78 is 5.46. The highest BCUT2D eigenvalue weighted by Gasteiger charge is 2.14. The molecule has 1 aliphatic carbocycles. The van der Waals surface area contributed by atoms with Crippen LogP contribution in [0.1, 0.15) is 40.0 Å². The fraction of sp³-hybridized carbons (Fsp3) is 0.238. The van der Waals surface area contributed by atoms with Crippen molar-refractivity contribution in [1.82, 2.24) is 4.98 Å². The van der Waals surface area contributed by atoms with Crippen LogP contribution in [0.2, 0.25) is 0 Å². The normalized spacial score (nSPS) is 13.3. The molecule has 4 heteroatoms. The number of fused-ring (bicyclic) bond motifs is 1. The summed E-state index contributed by atoms with van der Waals surface area (Å²) >= 11 is 1.57. The summed E-state index contributed by atoms with van der Waals surface area (Å²) in [6.07, 6.45) is 4.62. The van der Waals surface area contributed by atoms with Crippen LogP contribution >= 0.6 is 11.3 Å². The lowest BCUT2D eigenvalue weighted by molar-refractivity contribution is 0.0468. The van der Waals surface area contributed by atoms with Crippen LogP contribution in [0.15, 0.2) is 53.9 Å². The molecule has 0 radical (unpaired) electrons. The van der Waals surface area contributed by atoms with Gasteiger partial charge >= 0.3 is 5.97 Å². The topological polar surface area (TPSA) is 39.2 Å². The second kappa shape index (κ2) is 7.19. The van der Waals surface area contributed by atoms with Gasteiger partial charge in [0.05, 0.1) is 11.3 Å². The summed E-state index contributed by atoms with van der Waals surface area (Å²) in [6, 6.07) is 16.0. The van der Waals surface area contributed by atoms with Gasteiger partial charge in [-0.05, 0) is 48.9 Å². The predicted octanol–water partition coefficient (Wildman–Crippen LogP) is 5.05. The number of nitrogens with zero attached hydrogens (tertiary/aromatic N) is 1. The average Bonchev–Trinajstić information content (AvgIpc) is 3.15. The molecule has 126 valence electrons. The molecule has 3 aromatic rings. The molecule has 0 saturated carbocycles. The van der Waals surface area contributed by atoms with Crippen LogP contribution in [-0.4, -0.2) is 11.0 Å². The number of hydrogen-bond acceptors (Lipinski definition) is 4. The highest BCUT2D eigenvalue weighted by molar-refractivity contribution is 7.13. The van der Waals surface area contributed by atoms with Gasteiger partial charge in [-0.25, -0.2) is 9.78 Å². The van der Waals surface area contributed by atoms with Crippen molar-refractivity contribution in [2.24, 2.45) is 0 Å². The maximum absolute atomic E-state index is 12.3. The molecule has 0 unspecified atom stereocenters. The SMILES string of the molecule is O=C(OCc1csc(-c2ccccc2)n1)c1ccc2c(c1)CCCC2. The number of ether oxygens (including phenoxy) is 1. The number of carbonyl (C=O) groups is 1. The zero-order valence-corrected chi connectivity index (χ0v) is 14.7. The first-order valence-corrected chi connectivity index (χ1v) is 9.46. The van der Waals surface area contributed by atoms with Crippen LogP contribution in [0.25, 0.3) is 10.6 Å². The third-order valence-electron chi connectivity index (χ3n) is 4.51. The molecule has 4 rings (SSSR count). The van der Waals surface area contributed by atoms with E-state index in [1.807, 2.05) is 47.8 Å². The van der Waals surface area contributed by atoms with Crippen LogP contribution in [0, 0.1) is 0 Å². The van der Waals surface area contributed by atoms with Gasteiger partial charge in [-0.2, -0.15) is 0 Å². The summed E-state index contributed by atoms with van der Waals surface area (Å²) in [4.78, 5) is 16.9. The van der Waals surface area contributed by atoms with Crippen molar-refractivity contribution in [2.75, 3.05) is 0 Å². The minimum Gasteiger partial charge on any atom is -0.456 e. The second-order valence-corrected chi connectivity index (χ2v) is 7.13. The van der Waals surface area contributed by atoms with E-state index >= 15 is 0 Å². The van der Waals surface area contributed by atoms with E-state index in [1.165, 1.54) is 24.0 Å². The summed E-state index contributed by atoms with van der Waals surface area (Å²) in [7, 11) is 0. The Balaban J connectivity index is 1.41. The Morgan fingerprint density at radius 3 is 2.68 bits per heavy atom. The highest BCUT2D eigenvalue weighted by atomic mass is 32.1. The van der Waals surface area contributed by atoms with E-state index in [0.717, 1.165) is 29.1 Å². The number of benzene rings is 2. The summed E-state index contributed by atoms with van der Waals surface area (Å²) in [6.45, 7) is 0.208. The van der Waals surface area contributed by atoms with Crippen molar-refractivity contribution < 1.29 is 9.53 Å². The van der Waals surface area contributed by atoms with Crippen LogP contribution < -0.4 is 0 Å². The summed E-state index contributed by atoms with van der Waals surface area (Å²) in [5.41, 5.74) is 5.17. The van der Waals surface area contributed by atoms with Gasteiger partial charge in [0, 0.05) is 10.9 Å². The lowest BCUT2D eigenvalue weighted by atomic mass is 9.90. The number of carbonyl (C=O) groups excluding carboxylic acids is 1. The van der Waals surface area contributed by atoms with Crippen molar-refractivity contribution in [1.29, 1.82) is 0 Å². The molecule has 3 nitrogen and oxygen atoms in total. The van der Waals surface area contributed by atoms with Crippen LogP contribution in [0.4, 0.5) is 0 Å². The Morgan fingerprint density at radius 2 is 1.84 bits per heavy atom. The van der Waals surface area contributed by atoms with Crippen molar-refractivity contribution in [3.05, 3.63) is 76.3 Å². The fourth-order valence-electron chi connectivity index (χ4n) is 3.17. The lowest BCUT2D eigenvalue weighted by Gasteiger charge is -2.16. The van der Waals surface area contributed by atoms with Crippen molar-refractivity contribution in [2.45, 2.75) is 32.3 Å². The van der Waals surface area contributed by atoms with Gasteiger partial charge < -0.3 is 4.74 Å². The summed E-state index contributed by atoms with van der Waals surface area (Å²) in [5, 5.41) is 2.89. The van der Waals surface area contributed by atoms with Gasteiger partial charge in [0.2, 0.25) is 0 Å². The van der Waals surface area contributed by atoms with Crippen molar-refractivity contribution in [3.8, 4) is 10.6 Å². The van der Waals surface area contributed by atoms with Crippen LogP contribution in [0.3, 0.4) is 0 Å². The first-order valence-electron chi connectivity index (χ1n) is 8.58. The Labute approximate surface area is 151 Å². The number of aromatic nitrogens is 1. The molecule has 0 atom stereocenters. The molecule has 1 heterocycles. The smallest absolute Gasteiger partial charge is 0.338 e. The number of thiazole rings is 1. The molecule has 1 aliphatic rings. The van der Waals surface area contributed by atoms with E-state index in [0.29, 0.717) is 5.56 Å². The van der Waals surface area contributed by atoms with Gasteiger partial charge in [-0.3, -0.25) is 0 Å². The second-order valence-electron chi connectivity index (χ2n) is 6.28. The van der Waals surface area contributed by atoms with Crippen molar-refractivity contribution in [3.63, 3.8) is 0 Å². The minimum absolute atomic E-state index is 0.208. The fourth-order valence-corrected chi connectivity index (χ4v) is 3.98. The van der Waals surface area contributed by atoms with E-state index in [9.17, 15) is 4.79 Å². The Kier molecular flexibility index (Phi) is 4.61. The maximum atomic E-state index is 12.3. The molecule has 0 N–H and O–H groups in total. The molecule has 0 aliphatic heterocycles. The third-order valence-corrected chi connectivity index (χ3v) is 5.45. The molecule has 0 saturated heterocycles. The van der Waals surface area contributed by atoms with Gasteiger partial charge in [-0.15, -0.1) is 11.3 Å². The lowest BCUT2D eigenvalue weighted by Crippen LogP contribution is -2.09. The first kappa shape index (κ1) is 16.0. The molecule has 0 fully saturated rings. The molecule has 0 spiro atoms. The molecule has 0 bridgehead atoms. The number of rotatable bonds is 4. The molecular formula is C21H19NO2S. The van der Waals surface area contributed by atoms with E-state index in [4.69, 9.17) is 4.74 Å². The van der Waals surface area contributed by atoms with Crippen LogP contribution in [0.5, 0.6) is 0 Å². The maximum Gasteiger partial charge on any atom is 0.338 e. The van der Waals surface area contributed by atoms with E-state index in [1.54, 1.807) is 11.3 Å². The Morgan fingerprint density at radius 1 is 1.04 bits per heavy atom. The molecule has 0 amide bonds. The van der Waals surface area contributed by atoms with E-state index in [2.05, 4.69) is 11.1 Å². The quantitative estimate of drug-likeness (QED) is 0.619. The molecular weight excluding hydrogens is 330 g/mol. The summed E-state index contributed by atoms with van der Waals surface area (Å²) in [5.74, 6) is -0.275. The third kappa shape index (κ3) is 3.64. The number of esters is 1. The van der Waals surface area contributed by atoms with Gasteiger partial charge in [0.15, 0.2) is 0 Å². The first-order chi connectivity index (χ1) is 12.3. The zero-order valence-electron chi connectivity index (χ0n) is 13.9.